The van der Waals surface area contributed by atoms with Crippen LogP contribution in [0.25, 0.3) is 11.1 Å². The molecule has 2 aromatic carbocycles. The van der Waals surface area contributed by atoms with Gasteiger partial charge in [0.1, 0.15) is 17.2 Å². The first-order valence-electron chi connectivity index (χ1n) is 6.06. The number of halogens is 5. The van der Waals surface area contributed by atoms with Gasteiger partial charge < -0.3 is 4.74 Å². The van der Waals surface area contributed by atoms with Crippen LogP contribution in [0.15, 0.2) is 48.5 Å². The van der Waals surface area contributed by atoms with Crippen molar-refractivity contribution in [3.8, 4) is 16.9 Å². The van der Waals surface area contributed by atoms with Crippen LogP contribution in [-0.4, -0.2) is 17.6 Å². The third-order valence-corrected chi connectivity index (χ3v) is 3.86. The van der Waals surface area contributed by atoms with E-state index < -0.39 is 17.6 Å². The standard InChI is InChI=1S/C15H11BrClF3O/c16-14(15(18,19)20)9-21-13-7-6-11(8-12(13)17)10-4-2-1-3-5-10/h1-8,14H,9H2. The van der Waals surface area contributed by atoms with Crippen molar-refractivity contribution in [2.45, 2.75) is 11.0 Å². The average Bonchev–Trinajstić information content (AvgIpc) is 2.45. The van der Waals surface area contributed by atoms with Crippen LogP contribution < -0.4 is 4.74 Å². The highest BCUT2D eigenvalue weighted by Gasteiger charge is 2.38. The van der Waals surface area contributed by atoms with E-state index in [1.54, 1.807) is 18.2 Å². The molecule has 0 bridgehead atoms. The van der Waals surface area contributed by atoms with Gasteiger partial charge in [0, 0.05) is 0 Å². The lowest BCUT2D eigenvalue weighted by Crippen LogP contribution is -2.28. The van der Waals surface area contributed by atoms with Crippen molar-refractivity contribution in [2.24, 2.45) is 0 Å². The second-order valence-corrected chi connectivity index (χ2v) is 5.84. The van der Waals surface area contributed by atoms with Gasteiger partial charge in [-0.05, 0) is 23.3 Å². The third kappa shape index (κ3) is 4.38. The first-order chi connectivity index (χ1) is 9.88. The second-order valence-electron chi connectivity index (χ2n) is 4.33. The minimum Gasteiger partial charge on any atom is -0.490 e. The number of benzene rings is 2. The molecule has 0 amide bonds. The normalized spacial score (nSPS) is 13.0. The molecule has 1 atom stereocenters. The molecule has 21 heavy (non-hydrogen) atoms. The molecule has 1 unspecified atom stereocenters. The minimum absolute atomic E-state index is 0.227. The molecule has 1 nitrogen and oxygen atoms in total. The fourth-order valence-corrected chi connectivity index (χ4v) is 2.05. The van der Waals surface area contributed by atoms with E-state index in [0.29, 0.717) is 0 Å². The van der Waals surface area contributed by atoms with Crippen LogP contribution in [0.3, 0.4) is 0 Å². The Morgan fingerprint density at radius 1 is 1.05 bits per heavy atom. The fraction of sp³-hybridized carbons (Fsp3) is 0.200. The highest BCUT2D eigenvalue weighted by molar-refractivity contribution is 9.09. The molecule has 0 aliphatic carbocycles. The van der Waals surface area contributed by atoms with Gasteiger partial charge in [0.2, 0.25) is 0 Å². The molecule has 0 aromatic heterocycles. The smallest absolute Gasteiger partial charge is 0.404 e. The van der Waals surface area contributed by atoms with E-state index in [4.69, 9.17) is 16.3 Å². The summed E-state index contributed by atoms with van der Waals surface area (Å²) in [6, 6.07) is 14.5. The maximum Gasteiger partial charge on any atom is 0.404 e. The Morgan fingerprint density at radius 3 is 2.29 bits per heavy atom. The zero-order valence-corrected chi connectivity index (χ0v) is 13.0. The predicted octanol–water partition coefficient (Wildman–Crippen LogP) is 5.71. The first kappa shape index (κ1) is 16.2. The molecule has 6 heteroatoms. The Hall–Kier alpha value is -1.20. The summed E-state index contributed by atoms with van der Waals surface area (Å²) in [6.07, 6.45) is -4.35. The van der Waals surface area contributed by atoms with E-state index in [2.05, 4.69) is 15.9 Å². The summed E-state index contributed by atoms with van der Waals surface area (Å²) in [5, 5.41) is 0.276. The Bertz CT molecular complexity index is 602. The van der Waals surface area contributed by atoms with Gasteiger partial charge in [-0.1, -0.05) is 63.9 Å². The molecule has 0 fully saturated rings. The molecule has 2 rings (SSSR count). The summed E-state index contributed by atoms with van der Waals surface area (Å²) in [7, 11) is 0. The summed E-state index contributed by atoms with van der Waals surface area (Å²) in [5.41, 5.74) is 1.85. The monoisotopic (exact) mass is 378 g/mol. The topological polar surface area (TPSA) is 9.23 Å². The van der Waals surface area contributed by atoms with Crippen LogP contribution in [0.1, 0.15) is 0 Å². The zero-order chi connectivity index (χ0) is 15.5. The summed E-state index contributed by atoms with van der Waals surface area (Å²) < 4.78 is 42.3. The van der Waals surface area contributed by atoms with E-state index in [1.165, 1.54) is 0 Å². The van der Waals surface area contributed by atoms with Gasteiger partial charge >= 0.3 is 6.18 Å². The number of rotatable bonds is 4. The Morgan fingerprint density at radius 2 is 1.71 bits per heavy atom. The maximum atomic E-state index is 12.4. The van der Waals surface area contributed by atoms with E-state index in [9.17, 15) is 13.2 Å². The second kappa shape index (κ2) is 6.71. The first-order valence-corrected chi connectivity index (χ1v) is 7.36. The van der Waals surface area contributed by atoms with Crippen molar-refractivity contribution in [1.29, 1.82) is 0 Å². The molecule has 0 aliphatic rings. The lowest BCUT2D eigenvalue weighted by Gasteiger charge is -2.15. The molecule has 0 aliphatic heterocycles. The summed E-state index contributed by atoms with van der Waals surface area (Å²) in [5.74, 6) is 0.227. The summed E-state index contributed by atoms with van der Waals surface area (Å²) >= 11 is 8.59. The molecule has 0 N–H and O–H groups in total. The summed E-state index contributed by atoms with van der Waals surface area (Å²) in [6.45, 7) is -0.534. The van der Waals surface area contributed by atoms with Crippen LogP contribution in [0.5, 0.6) is 5.75 Å². The maximum absolute atomic E-state index is 12.4. The van der Waals surface area contributed by atoms with Crippen LogP contribution in [0.4, 0.5) is 13.2 Å². The SMILES string of the molecule is FC(F)(F)C(Br)COc1ccc(-c2ccccc2)cc1Cl. The molecule has 112 valence electrons. The molecule has 0 heterocycles. The van der Waals surface area contributed by atoms with Crippen LogP contribution in [0, 0.1) is 0 Å². The lowest BCUT2D eigenvalue weighted by atomic mass is 10.1. The van der Waals surface area contributed by atoms with Gasteiger partial charge in [0.05, 0.1) is 5.02 Å². The van der Waals surface area contributed by atoms with Crippen molar-refractivity contribution >= 4 is 27.5 Å². The highest BCUT2D eigenvalue weighted by Crippen LogP contribution is 2.32. The van der Waals surface area contributed by atoms with Crippen LogP contribution in [0.2, 0.25) is 5.02 Å². The molecule has 0 spiro atoms. The zero-order valence-electron chi connectivity index (χ0n) is 10.7. The van der Waals surface area contributed by atoms with Gasteiger partial charge in [0.25, 0.3) is 0 Å². The molecule has 2 aromatic rings. The molecule has 0 saturated carbocycles. The molecular weight excluding hydrogens is 369 g/mol. The summed E-state index contributed by atoms with van der Waals surface area (Å²) in [4.78, 5) is -1.73. The van der Waals surface area contributed by atoms with E-state index in [-0.39, 0.29) is 10.8 Å². The van der Waals surface area contributed by atoms with Crippen molar-refractivity contribution in [1.82, 2.24) is 0 Å². The van der Waals surface area contributed by atoms with Crippen molar-refractivity contribution < 1.29 is 17.9 Å². The van der Waals surface area contributed by atoms with Gasteiger partial charge in [-0.15, -0.1) is 0 Å². The quantitative estimate of drug-likeness (QED) is 0.618. The van der Waals surface area contributed by atoms with Crippen LogP contribution in [-0.2, 0) is 0 Å². The van der Waals surface area contributed by atoms with Gasteiger partial charge in [-0.25, -0.2) is 0 Å². The Kier molecular flexibility index (Phi) is 5.17. The third-order valence-electron chi connectivity index (χ3n) is 2.78. The predicted molar refractivity (Wildman–Crippen MR) is 81.2 cm³/mol. The van der Waals surface area contributed by atoms with Crippen molar-refractivity contribution in [3.05, 3.63) is 53.6 Å². The highest BCUT2D eigenvalue weighted by atomic mass is 79.9. The number of alkyl halides is 4. The number of hydrogen-bond acceptors (Lipinski definition) is 1. The Balaban J connectivity index is 2.10. The number of hydrogen-bond donors (Lipinski definition) is 0. The number of ether oxygens (including phenoxy) is 1. The largest absolute Gasteiger partial charge is 0.490 e. The van der Waals surface area contributed by atoms with E-state index >= 15 is 0 Å². The van der Waals surface area contributed by atoms with Gasteiger partial charge in [-0.3, -0.25) is 0 Å². The fourth-order valence-electron chi connectivity index (χ4n) is 1.69. The van der Waals surface area contributed by atoms with Crippen molar-refractivity contribution in [3.63, 3.8) is 0 Å². The molecule has 0 radical (unpaired) electrons. The van der Waals surface area contributed by atoms with Crippen molar-refractivity contribution in [2.75, 3.05) is 6.61 Å². The van der Waals surface area contributed by atoms with Gasteiger partial charge in [0.15, 0.2) is 0 Å². The van der Waals surface area contributed by atoms with Gasteiger partial charge in [-0.2, -0.15) is 13.2 Å². The lowest BCUT2D eigenvalue weighted by molar-refractivity contribution is -0.132. The Labute approximate surface area is 133 Å². The van der Waals surface area contributed by atoms with E-state index in [1.807, 2.05) is 30.3 Å². The minimum atomic E-state index is -4.35. The molecule has 0 saturated heterocycles. The van der Waals surface area contributed by atoms with E-state index in [0.717, 1.165) is 11.1 Å². The molecular formula is C15H11BrClF3O. The average molecular weight is 380 g/mol. The van der Waals surface area contributed by atoms with Crippen LogP contribution >= 0.6 is 27.5 Å².